The van der Waals surface area contributed by atoms with Gasteiger partial charge in [0.05, 0.1) is 10.9 Å². The van der Waals surface area contributed by atoms with Crippen LogP contribution in [0.1, 0.15) is 54.7 Å². The molecule has 0 unspecified atom stereocenters. The van der Waals surface area contributed by atoms with Crippen molar-refractivity contribution in [2.45, 2.75) is 51.0 Å². The number of nitrogens with one attached hydrogen (secondary N) is 2. The minimum atomic E-state index is -0.506. The molecule has 0 saturated heterocycles. The fourth-order valence-corrected chi connectivity index (χ4v) is 4.17. The summed E-state index contributed by atoms with van der Waals surface area (Å²) in [6.45, 7) is 7.14. The molecule has 5 rings (SSSR count). The van der Waals surface area contributed by atoms with Crippen molar-refractivity contribution >= 4 is 22.5 Å². The van der Waals surface area contributed by atoms with Crippen LogP contribution in [0.2, 0.25) is 0 Å². The van der Waals surface area contributed by atoms with E-state index in [4.69, 9.17) is 15.2 Å². The number of hydrogen-bond acceptors (Lipinski definition) is 4. The Labute approximate surface area is 180 Å². The summed E-state index contributed by atoms with van der Waals surface area (Å²) in [5.41, 5.74) is 10.4. The van der Waals surface area contributed by atoms with E-state index in [0.29, 0.717) is 12.3 Å². The van der Waals surface area contributed by atoms with Crippen LogP contribution < -0.4 is 20.5 Å². The van der Waals surface area contributed by atoms with Crippen LogP contribution in [0.5, 0.6) is 11.5 Å². The van der Waals surface area contributed by atoms with E-state index < -0.39 is 5.41 Å². The van der Waals surface area contributed by atoms with Gasteiger partial charge in [0.2, 0.25) is 12.7 Å². The van der Waals surface area contributed by atoms with Gasteiger partial charge in [-0.3, -0.25) is 4.79 Å². The molecule has 1 aromatic heterocycles. The minimum absolute atomic E-state index is 0. The number of hydrogen-bond donors (Lipinski definition) is 3. The molecule has 0 radical (unpaired) electrons. The Bertz CT molecular complexity index is 1170. The molecule has 2 aliphatic rings. The molecule has 0 atom stereocenters. The van der Waals surface area contributed by atoms with E-state index in [0.717, 1.165) is 52.0 Å². The number of nitrogens with two attached hydrogens (primary N) is 1. The number of benzene rings is 2. The highest BCUT2D eigenvalue weighted by Gasteiger charge is 2.51. The maximum Gasteiger partial charge on any atom is 0.235 e. The van der Waals surface area contributed by atoms with Crippen LogP contribution in [0.15, 0.2) is 36.4 Å². The van der Waals surface area contributed by atoms with Crippen molar-refractivity contribution in [1.29, 1.82) is 0 Å². The molecule has 3 aromatic rings. The summed E-state index contributed by atoms with van der Waals surface area (Å²) in [4.78, 5) is 16.8. The largest absolute Gasteiger partial charge is 0.454 e. The van der Waals surface area contributed by atoms with Crippen LogP contribution in [0.25, 0.3) is 10.9 Å². The van der Waals surface area contributed by atoms with E-state index in [1.54, 1.807) is 0 Å². The first kappa shape index (κ1) is 19.0. The molecule has 6 heteroatoms. The van der Waals surface area contributed by atoms with Crippen LogP contribution in [0.3, 0.4) is 0 Å². The van der Waals surface area contributed by atoms with Crippen molar-refractivity contribution in [3.8, 4) is 11.5 Å². The summed E-state index contributed by atoms with van der Waals surface area (Å²) in [6.07, 6.45) is 1.64. The average molecular weight is 412 g/mol. The lowest BCUT2D eigenvalue weighted by atomic mass is 9.92. The lowest BCUT2D eigenvalue weighted by Crippen LogP contribution is -2.27. The molecule has 1 aliphatic carbocycles. The van der Waals surface area contributed by atoms with Gasteiger partial charge in [0.15, 0.2) is 11.5 Å². The summed E-state index contributed by atoms with van der Waals surface area (Å²) in [7, 11) is 0. The van der Waals surface area contributed by atoms with Gasteiger partial charge in [-0.15, -0.1) is 0 Å². The number of fused-ring (bicyclic) bond motifs is 2. The van der Waals surface area contributed by atoms with Crippen LogP contribution in [0, 0.1) is 0 Å². The number of aromatic nitrogens is 1. The molecule has 0 bridgehead atoms. The fraction of sp³-hybridized carbons (Fsp3) is 0.375. The van der Waals surface area contributed by atoms with Crippen molar-refractivity contribution in [1.82, 2.24) is 4.98 Å². The smallest absolute Gasteiger partial charge is 0.235 e. The summed E-state index contributed by atoms with van der Waals surface area (Å²) in [6, 6.07) is 11.9. The van der Waals surface area contributed by atoms with Gasteiger partial charge < -0.3 is 25.5 Å². The lowest BCUT2D eigenvalue weighted by Gasteiger charge is -2.17. The number of ether oxygens (including phenoxy) is 2. The quantitative estimate of drug-likeness (QED) is 0.560. The van der Waals surface area contributed by atoms with E-state index in [1.165, 1.54) is 0 Å². The molecule has 1 saturated carbocycles. The third-order valence-corrected chi connectivity index (χ3v) is 6.21. The van der Waals surface area contributed by atoms with Crippen molar-refractivity contribution in [3.05, 3.63) is 53.2 Å². The Balaban J connectivity index is 0.00000128. The zero-order valence-corrected chi connectivity index (χ0v) is 17.6. The van der Waals surface area contributed by atoms with Gasteiger partial charge in [-0.2, -0.15) is 0 Å². The predicted molar refractivity (Wildman–Crippen MR) is 123 cm³/mol. The first-order valence-corrected chi connectivity index (χ1v) is 10.4. The van der Waals surface area contributed by atoms with E-state index >= 15 is 0 Å². The van der Waals surface area contributed by atoms with Crippen molar-refractivity contribution in [3.63, 3.8) is 0 Å². The highest BCUT2D eigenvalue weighted by molar-refractivity contribution is 6.03. The third-order valence-electron chi connectivity index (χ3n) is 6.21. The van der Waals surface area contributed by atoms with E-state index in [-0.39, 0.29) is 22.4 Å². The molecule has 1 fully saturated rings. The number of rotatable bonds is 4. The number of carbonyl (C=O) groups is 1. The van der Waals surface area contributed by atoms with Crippen molar-refractivity contribution in [2.75, 3.05) is 12.1 Å². The molecule has 2 aromatic carbocycles. The highest BCUT2D eigenvalue weighted by atomic mass is 16.7. The highest BCUT2D eigenvalue weighted by Crippen LogP contribution is 2.51. The van der Waals surface area contributed by atoms with E-state index in [9.17, 15) is 4.79 Å². The van der Waals surface area contributed by atoms with Crippen LogP contribution in [0.4, 0.5) is 5.69 Å². The number of H-pyrrole nitrogens is 1. The Hall–Kier alpha value is -2.99. The molecular weight excluding hydrogens is 378 g/mol. The number of aromatic amines is 1. The number of amides is 1. The van der Waals surface area contributed by atoms with Gasteiger partial charge in [0.25, 0.3) is 0 Å². The Kier molecular flexibility index (Phi) is 4.12. The summed E-state index contributed by atoms with van der Waals surface area (Å²) in [5.74, 6) is 1.45. The maximum atomic E-state index is 13.3. The Morgan fingerprint density at radius 2 is 1.93 bits per heavy atom. The van der Waals surface area contributed by atoms with Crippen molar-refractivity contribution in [2.24, 2.45) is 5.73 Å². The van der Waals surface area contributed by atoms with Gasteiger partial charge in [0.1, 0.15) is 0 Å². The number of carbonyl (C=O) groups excluding carboxylic acids is 1. The molecular formula is C24H33N3O3. The average Bonchev–Trinajstić information content (AvgIpc) is 3.18. The van der Waals surface area contributed by atoms with Gasteiger partial charge >= 0.3 is 0 Å². The summed E-state index contributed by atoms with van der Waals surface area (Å²) >= 11 is 0. The molecule has 4 N–H and O–H groups in total. The Morgan fingerprint density at radius 1 is 1.17 bits per heavy atom. The molecule has 1 amide bonds. The third kappa shape index (κ3) is 3.03. The number of anilines is 1. The lowest BCUT2D eigenvalue weighted by molar-refractivity contribution is -0.118. The zero-order chi connectivity index (χ0) is 21.1. The second kappa shape index (κ2) is 6.51. The topological polar surface area (TPSA) is 89.4 Å². The van der Waals surface area contributed by atoms with Crippen LogP contribution in [-0.4, -0.2) is 17.7 Å². The van der Waals surface area contributed by atoms with E-state index in [2.05, 4.69) is 37.1 Å². The first-order valence-electron chi connectivity index (χ1n) is 10.4. The first-order chi connectivity index (χ1) is 14.3. The summed E-state index contributed by atoms with van der Waals surface area (Å²) in [5, 5.41) is 4.21. The molecule has 6 nitrogen and oxygen atoms in total. The second-order valence-corrected chi connectivity index (χ2v) is 9.34. The predicted octanol–water partition coefficient (Wildman–Crippen LogP) is 5.06. The maximum absolute atomic E-state index is 13.3. The van der Waals surface area contributed by atoms with Gasteiger partial charge in [0, 0.05) is 33.0 Å². The summed E-state index contributed by atoms with van der Waals surface area (Å²) < 4.78 is 10.9. The normalized spacial score (nSPS) is 16.7. The SMILES string of the molecule is CC(C)(C)c1cc2cc(NC(=O)C3(c4ccc5c(c4)OCO5)CC3)cc(CN)c2[nH]1.[HH].[HH].[HH]. The molecule has 1 aliphatic heterocycles. The minimum Gasteiger partial charge on any atom is -0.454 e. The monoisotopic (exact) mass is 411 g/mol. The Morgan fingerprint density at radius 3 is 2.63 bits per heavy atom. The van der Waals surface area contributed by atoms with Gasteiger partial charge in [-0.25, -0.2) is 0 Å². The standard InChI is InChI=1S/C24H27N3O3.3H2/c1-23(2,3)20-10-14-8-17(9-15(12-25)21(14)27-20)26-22(28)24(6-7-24)16-4-5-18-19(11-16)30-13-29-18;;;/h4-5,8-11,27H,6-7,12-13,25H2,1-3H3,(H,26,28);3*1H. The molecule has 0 spiro atoms. The van der Waals surface area contributed by atoms with E-state index in [1.807, 2.05) is 30.3 Å². The molecule has 2 heterocycles. The zero-order valence-electron chi connectivity index (χ0n) is 17.6. The van der Waals surface area contributed by atoms with Crippen LogP contribution in [-0.2, 0) is 22.2 Å². The molecule has 162 valence electrons. The van der Waals surface area contributed by atoms with Crippen LogP contribution >= 0.6 is 0 Å². The second-order valence-electron chi connectivity index (χ2n) is 9.34. The van der Waals surface area contributed by atoms with Crippen molar-refractivity contribution < 1.29 is 18.5 Å². The molecule has 30 heavy (non-hydrogen) atoms. The van der Waals surface area contributed by atoms with Gasteiger partial charge in [-0.1, -0.05) is 26.8 Å². The van der Waals surface area contributed by atoms with Gasteiger partial charge in [-0.05, 0) is 54.3 Å². The fourth-order valence-electron chi connectivity index (χ4n) is 4.17.